The molecule has 1 aromatic carbocycles. The van der Waals surface area contributed by atoms with E-state index in [9.17, 15) is 4.79 Å². The van der Waals surface area contributed by atoms with Crippen molar-refractivity contribution in [3.63, 3.8) is 0 Å². The van der Waals surface area contributed by atoms with Crippen molar-refractivity contribution < 1.29 is 9.90 Å². The van der Waals surface area contributed by atoms with E-state index in [-0.39, 0.29) is 6.54 Å². The second kappa shape index (κ2) is 4.64. The summed E-state index contributed by atoms with van der Waals surface area (Å²) in [5.74, 6) is -0.878. The van der Waals surface area contributed by atoms with Gasteiger partial charge in [-0.3, -0.25) is 9.48 Å². The quantitative estimate of drug-likeness (QED) is 0.902. The van der Waals surface area contributed by atoms with Crippen LogP contribution in [0.2, 0.25) is 0 Å². The van der Waals surface area contributed by atoms with E-state index in [2.05, 4.69) is 11.2 Å². The van der Waals surface area contributed by atoms with Gasteiger partial charge in [-0.15, -0.1) is 0 Å². The van der Waals surface area contributed by atoms with E-state index in [1.165, 1.54) is 10.2 Å². The summed E-state index contributed by atoms with van der Waals surface area (Å²) in [6, 6.07) is 8.14. The number of rotatable bonds is 3. The van der Waals surface area contributed by atoms with Crippen LogP contribution in [-0.2, 0) is 11.3 Å². The van der Waals surface area contributed by atoms with Crippen LogP contribution in [0.25, 0.3) is 11.1 Å². The average molecular weight is 244 g/mol. The number of benzene rings is 1. The molecule has 0 spiro atoms. The first kappa shape index (κ1) is 12.4. The highest BCUT2D eigenvalue weighted by molar-refractivity contribution is 5.71. The molecule has 0 aliphatic heterocycles. The molecule has 0 amide bonds. The third-order valence-corrected chi connectivity index (χ3v) is 2.97. The van der Waals surface area contributed by atoms with Crippen LogP contribution in [0.15, 0.2) is 24.3 Å². The van der Waals surface area contributed by atoms with Crippen LogP contribution in [0, 0.1) is 20.8 Å². The monoisotopic (exact) mass is 244 g/mol. The third-order valence-electron chi connectivity index (χ3n) is 2.97. The lowest BCUT2D eigenvalue weighted by molar-refractivity contribution is -0.137. The summed E-state index contributed by atoms with van der Waals surface area (Å²) in [7, 11) is 0. The maximum Gasteiger partial charge on any atom is 0.325 e. The lowest BCUT2D eigenvalue weighted by atomic mass is 10.0. The van der Waals surface area contributed by atoms with Crippen LogP contribution in [0.4, 0.5) is 0 Å². The average Bonchev–Trinajstić information content (AvgIpc) is 2.53. The molecule has 0 atom stereocenters. The first-order valence-electron chi connectivity index (χ1n) is 5.82. The van der Waals surface area contributed by atoms with Crippen molar-refractivity contribution in [1.29, 1.82) is 0 Å². The molecule has 0 aliphatic rings. The summed E-state index contributed by atoms with van der Waals surface area (Å²) in [6.07, 6.45) is 0. The second-order valence-corrected chi connectivity index (χ2v) is 4.47. The highest BCUT2D eigenvalue weighted by atomic mass is 16.4. The van der Waals surface area contributed by atoms with Gasteiger partial charge in [0.25, 0.3) is 0 Å². The first-order chi connectivity index (χ1) is 8.49. The van der Waals surface area contributed by atoms with Gasteiger partial charge in [0, 0.05) is 11.3 Å². The van der Waals surface area contributed by atoms with Gasteiger partial charge in [-0.05, 0) is 26.3 Å². The van der Waals surface area contributed by atoms with Gasteiger partial charge in [-0.25, -0.2) is 0 Å². The van der Waals surface area contributed by atoms with Crippen molar-refractivity contribution in [3.05, 3.63) is 41.2 Å². The Hall–Kier alpha value is -2.10. The normalized spacial score (nSPS) is 10.6. The maximum atomic E-state index is 10.8. The van der Waals surface area contributed by atoms with Gasteiger partial charge >= 0.3 is 5.97 Å². The molecule has 18 heavy (non-hydrogen) atoms. The number of aliphatic carboxylic acids is 1. The second-order valence-electron chi connectivity index (χ2n) is 4.47. The predicted octanol–water partition coefficient (Wildman–Crippen LogP) is 2.56. The third kappa shape index (κ3) is 2.27. The molecule has 4 heteroatoms. The zero-order valence-electron chi connectivity index (χ0n) is 10.8. The highest BCUT2D eigenvalue weighted by Gasteiger charge is 2.14. The lowest BCUT2D eigenvalue weighted by Crippen LogP contribution is -2.11. The minimum atomic E-state index is -0.878. The number of aryl methyl sites for hydroxylation is 2. The topological polar surface area (TPSA) is 55.1 Å². The zero-order chi connectivity index (χ0) is 13.3. The molecule has 0 fully saturated rings. The molecule has 94 valence electrons. The Morgan fingerprint density at radius 3 is 2.67 bits per heavy atom. The summed E-state index contributed by atoms with van der Waals surface area (Å²) < 4.78 is 1.54. The highest BCUT2D eigenvalue weighted by Crippen LogP contribution is 2.27. The number of aromatic nitrogens is 2. The van der Waals surface area contributed by atoms with E-state index in [0.29, 0.717) is 0 Å². The molecule has 0 radical (unpaired) electrons. The van der Waals surface area contributed by atoms with Gasteiger partial charge in [0.1, 0.15) is 6.54 Å². The molecule has 1 heterocycles. The van der Waals surface area contributed by atoms with Crippen molar-refractivity contribution >= 4 is 5.97 Å². The Bertz CT molecular complexity index is 600. The largest absolute Gasteiger partial charge is 0.480 e. The molecule has 4 nitrogen and oxygen atoms in total. The molecule has 0 saturated carbocycles. The molecule has 2 aromatic rings. The van der Waals surface area contributed by atoms with Gasteiger partial charge in [-0.1, -0.05) is 29.8 Å². The number of carbonyl (C=O) groups is 1. The van der Waals surface area contributed by atoms with E-state index in [0.717, 1.165) is 22.5 Å². The zero-order valence-corrected chi connectivity index (χ0v) is 10.8. The van der Waals surface area contributed by atoms with E-state index in [1.807, 2.05) is 39.0 Å². The van der Waals surface area contributed by atoms with Crippen LogP contribution < -0.4 is 0 Å². The van der Waals surface area contributed by atoms with Crippen LogP contribution in [-0.4, -0.2) is 20.9 Å². The summed E-state index contributed by atoms with van der Waals surface area (Å²) in [5.41, 5.74) is 5.04. The number of carboxylic acids is 1. The van der Waals surface area contributed by atoms with Gasteiger partial charge in [0.05, 0.1) is 5.69 Å². The molecule has 0 saturated heterocycles. The first-order valence-corrected chi connectivity index (χ1v) is 5.82. The summed E-state index contributed by atoms with van der Waals surface area (Å²) in [6.45, 7) is 5.75. The minimum absolute atomic E-state index is 0.0987. The summed E-state index contributed by atoms with van der Waals surface area (Å²) >= 11 is 0. The van der Waals surface area contributed by atoms with E-state index in [4.69, 9.17) is 5.11 Å². The van der Waals surface area contributed by atoms with Crippen LogP contribution in [0.5, 0.6) is 0 Å². The Morgan fingerprint density at radius 1 is 1.33 bits per heavy atom. The van der Waals surface area contributed by atoms with Crippen molar-refractivity contribution in [1.82, 2.24) is 9.78 Å². The van der Waals surface area contributed by atoms with Crippen molar-refractivity contribution in [2.75, 3.05) is 0 Å². The van der Waals surface area contributed by atoms with Crippen molar-refractivity contribution in [3.8, 4) is 11.1 Å². The molecular weight excluding hydrogens is 228 g/mol. The summed E-state index contributed by atoms with van der Waals surface area (Å²) in [5, 5.41) is 13.1. The molecule has 1 aromatic heterocycles. The van der Waals surface area contributed by atoms with Gasteiger partial charge in [-0.2, -0.15) is 5.10 Å². The maximum absolute atomic E-state index is 10.8. The van der Waals surface area contributed by atoms with Gasteiger partial charge in [0.2, 0.25) is 0 Å². The predicted molar refractivity (Wildman–Crippen MR) is 69.5 cm³/mol. The Labute approximate surface area is 106 Å². The van der Waals surface area contributed by atoms with Gasteiger partial charge < -0.3 is 5.11 Å². The minimum Gasteiger partial charge on any atom is -0.480 e. The molecule has 0 bridgehead atoms. The molecule has 0 aliphatic carbocycles. The molecule has 1 N–H and O–H groups in total. The number of hydrogen-bond donors (Lipinski definition) is 1. The van der Waals surface area contributed by atoms with Crippen LogP contribution in [0.1, 0.15) is 17.0 Å². The fraction of sp³-hybridized carbons (Fsp3) is 0.286. The van der Waals surface area contributed by atoms with Crippen molar-refractivity contribution in [2.45, 2.75) is 27.3 Å². The number of nitrogens with zero attached hydrogens (tertiary/aromatic N) is 2. The van der Waals surface area contributed by atoms with Gasteiger partial charge in [0.15, 0.2) is 0 Å². The number of carboxylic acid groups (broad SMARTS) is 1. The van der Waals surface area contributed by atoms with Crippen LogP contribution >= 0.6 is 0 Å². The molecule has 2 rings (SSSR count). The van der Waals surface area contributed by atoms with E-state index < -0.39 is 5.97 Å². The van der Waals surface area contributed by atoms with E-state index in [1.54, 1.807) is 0 Å². The van der Waals surface area contributed by atoms with Crippen LogP contribution in [0.3, 0.4) is 0 Å². The van der Waals surface area contributed by atoms with Crippen molar-refractivity contribution in [2.24, 2.45) is 0 Å². The fourth-order valence-corrected chi connectivity index (χ4v) is 2.20. The summed E-state index contributed by atoms with van der Waals surface area (Å²) in [4.78, 5) is 10.8. The Balaban J connectivity index is 2.51. The SMILES string of the molecule is Cc1cccc(-c2c(C)nn(CC(=O)O)c2C)c1. The standard InChI is InChI=1S/C14H16N2O2/c1-9-5-4-6-12(7-9)14-10(2)15-16(11(14)3)8-13(17)18/h4-7H,8H2,1-3H3,(H,17,18). The smallest absolute Gasteiger partial charge is 0.325 e. The molecule has 0 unspecified atom stereocenters. The number of hydrogen-bond acceptors (Lipinski definition) is 2. The molecular formula is C14H16N2O2. The Kier molecular flexibility index (Phi) is 3.19. The Morgan fingerprint density at radius 2 is 2.06 bits per heavy atom. The lowest BCUT2D eigenvalue weighted by Gasteiger charge is -2.04. The fourth-order valence-electron chi connectivity index (χ4n) is 2.20. The van der Waals surface area contributed by atoms with E-state index >= 15 is 0 Å².